The molecule has 0 N–H and O–H groups in total. The van der Waals surface area contributed by atoms with Crippen LogP contribution in [-0.4, -0.2) is 12.2 Å². The summed E-state index contributed by atoms with van der Waals surface area (Å²) in [5.74, 6) is 5.30. The van der Waals surface area contributed by atoms with E-state index in [9.17, 15) is 4.57 Å². The van der Waals surface area contributed by atoms with E-state index in [0.717, 1.165) is 0 Å². The quantitative estimate of drug-likeness (QED) is 0.334. The van der Waals surface area contributed by atoms with Crippen molar-refractivity contribution in [3.63, 3.8) is 0 Å². The molecule has 4 heteroatoms. The Hall–Kier alpha value is -1.25. The molecule has 0 amide bonds. The molecule has 0 aliphatic heterocycles. The highest BCUT2D eigenvalue weighted by Crippen LogP contribution is 2.40. The highest BCUT2D eigenvalue weighted by molar-refractivity contribution is 7.33. The van der Waals surface area contributed by atoms with E-state index in [1.807, 2.05) is 27.7 Å². The summed E-state index contributed by atoms with van der Waals surface area (Å²) in [5, 5.41) is 0. The second kappa shape index (κ2) is 9.02. The lowest BCUT2D eigenvalue weighted by Gasteiger charge is -2.31. The minimum atomic E-state index is -2.75. The van der Waals surface area contributed by atoms with E-state index in [-0.39, 0.29) is 0 Å². The smallest absolute Gasteiger partial charge is 0.305 e. The van der Waals surface area contributed by atoms with Crippen LogP contribution in [-0.2, 0) is 13.6 Å². The fraction of sp³-hybridized carbons (Fsp3) is 0.556. The van der Waals surface area contributed by atoms with Crippen LogP contribution in [0.1, 0.15) is 40.5 Å². The van der Waals surface area contributed by atoms with Gasteiger partial charge in [-0.15, -0.1) is 26.0 Å². The summed E-state index contributed by atoms with van der Waals surface area (Å²) >= 11 is 0. The zero-order chi connectivity index (χ0) is 17.4. The normalized spacial score (nSPS) is 15.9. The Balaban J connectivity index is 5.03. The number of rotatable bonds is 10. The van der Waals surface area contributed by atoms with Crippen molar-refractivity contribution < 1.29 is 13.6 Å². The molecule has 0 saturated carbocycles. The van der Waals surface area contributed by atoms with E-state index in [4.69, 9.17) is 21.9 Å². The molecule has 0 radical (unpaired) electrons. The van der Waals surface area contributed by atoms with E-state index in [1.54, 1.807) is 12.2 Å². The maximum atomic E-state index is 12.3. The SMILES string of the molecule is C#CC(C)(C)C(CC=C)O[PH](=O)OC(CC=C)C(C)(C)C#C. The van der Waals surface area contributed by atoms with Crippen LogP contribution >= 0.6 is 8.25 Å². The van der Waals surface area contributed by atoms with Gasteiger partial charge in [-0.1, -0.05) is 24.0 Å². The molecule has 2 unspecified atom stereocenters. The van der Waals surface area contributed by atoms with Crippen molar-refractivity contribution in [1.29, 1.82) is 0 Å². The number of hydrogen-bond donors (Lipinski definition) is 0. The summed E-state index contributed by atoms with van der Waals surface area (Å²) in [6, 6.07) is 0. The van der Waals surface area contributed by atoms with Gasteiger partial charge in [0.1, 0.15) is 0 Å². The van der Waals surface area contributed by atoms with E-state index < -0.39 is 31.3 Å². The first-order valence-corrected chi connectivity index (χ1v) is 8.41. The third-order valence-corrected chi connectivity index (χ3v) is 4.55. The molecular weight excluding hydrogens is 295 g/mol. The standard InChI is InChI=1S/C18H27O3P/c1-9-13-15(17(5,6)11-3)20-22(19)21-16(14-10-2)18(7,8)12-4/h3-4,9-10,15-16,22H,1-2,13-14H2,5-8H3. The molecule has 0 aliphatic rings. The van der Waals surface area contributed by atoms with Crippen LogP contribution in [0.4, 0.5) is 0 Å². The average molecular weight is 322 g/mol. The lowest BCUT2D eigenvalue weighted by Crippen LogP contribution is -2.31. The maximum absolute atomic E-state index is 12.3. The Morgan fingerprint density at radius 2 is 1.32 bits per heavy atom. The van der Waals surface area contributed by atoms with Crippen molar-refractivity contribution in [3.05, 3.63) is 25.3 Å². The third kappa shape index (κ3) is 6.25. The molecule has 0 spiro atoms. The van der Waals surface area contributed by atoms with E-state index in [0.29, 0.717) is 12.8 Å². The van der Waals surface area contributed by atoms with E-state index in [2.05, 4.69) is 25.0 Å². The van der Waals surface area contributed by atoms with Crippen molar-refractivity contribution in [2.24, 2.45) is 10.8 Å². The molecule has 0 heterocycles. The fourth-order valence-electron chi connectivity index (χ4n) is 1.73. The van der Waals surface area contributed by atoms with Gasteiger partial charge in [0.15, 0.2) is 0 Å². The highest BCUT2D eigenvalue weighted by Gasteiger charge is 2.33. The molecule has 0 rings (SSSR count). The van der Waals surface area contributed by atoms with Crippen molar-refractivity contribution >= 4 is 8.25 Å². The first-order valence-electron chi connectivity index (χ1n) is 7.19. The van der Waals surface area contributed by atoms with Crippen LogP contribution in [0.25, 0.3) is 0 Å². The van der Waals surface area contributed by atoms with Gasteiger partial charge in [0.2, 0.25) is 0 Å². The fourth-order valence-corrected chi connectivity index (χ4v) is 3.03. The van der Waals surface area contributed by atoms with Gasteiger partial charge in [0.25, 0.3) is 0 Å². The Kier molecular flexibility index (Phi) is 8.50. The zero-order valence-electron chi connectivity index (χ0n) is 14.0. The molecule has 0 aromatic carbocycles. The van der Waals surface area contributed by atoms with Gasteiger partial charge in [-0.3, -0.25) is 4.57 Å². The van der Waals surface area contributed by atoms with Gasteiger partial charge >= 0.3 is 8.25 Å². The second-order valence-electron chi connectivity index (χ2n) is 6.24. The monoisotopic (exact) mass is 322 g/mol. The molecule has 0 aromatic heterocycles. The molecule has 3 nitrogen and oxygen atoms in total. The van der Waals surface area contributed by atoms with Gasteiger partial charge < -0.3 is 9.05 Å². The van der Waals surface area contributed by atoms with Crippen LogP contribution in [0.15, 0.2) is 25.3 Å². The predicted molar refractivity (Wildman–Crippen MR) is 93.6 cm³/mol. The van der Waals surface area contributed by atoms with E-state index >= 15 is 0 Å². The summed E-state index contributed by atoms with van der Waals surface area (Å²) in [6.07, 6.45) is 14.5. The van der Waals surface area contributed by atoms with Gasteiger partial charge in [0, 0.05) is 0 Å². The molecule has 122 valence electrons. The molecular formula is C18H27O3P. The summed E-state index contributed by atoms with van der Waals surface area (Å²) in [7, 11) is -2.75. The number of hydrogen-bond acceptors (Lipinski definition) is 3. The highest BCUT2D eigenvalue weighted by atomic mass is 31.1. The van der Waals surface area contributed by atoms with Crippen molar-refractivity contribution in [3.8, 4) is 24.7 Å². The second-order valence-corrected chi connectivity index (χ2v) is 7.22. The summed E-state index contributed by atoms with van der Waals surface area (Å²) in [5.41, 5.74) is -1.15. The molecule has 0 fully saturated rings. The molecule has 0 aliphatic carbocycles. The lowest BCUT2D eigenvalue weighted by molar-refractivity contribution is 0.0585. The Bertz CT molecular complexity index is 447. The third-order valence-electron chi connectivity index (χ3n) is 3.59. The van der Waals surface area contributed by atoms with Crippen LogP contribution in [0, 0.1) is 35.5 Å². The Morgan fingerprint density at radius 3 is 1.55 bits per heavy atom. The minimum absolute atomic E-state index is 0.431. The Morgan fingerprint density at radius 1 is 1.00 bits per heavy atom. The first kappa shape index (κ1) is 20.8. The first-order chi connectivity index (χ1) is 10.1. The van der Waals surface area contributed by atoms with Gasteiger partial charge in [-0.25, -0.2) is 0 Å². The minimum Gasteiger partial charge on any atom is -0.305 e. The van der Waals surface area contributed by atoms with Crippen molar-refractivity contribution in [1.82, 2.24) is 0 Å². The average Bonchev–Trinajstić information content (AvgIpc) is 2.46. The molecule has 2 atom stereocenters. The molecule has 22 heavy (non-hydrogen) atoms. The van der Waals surface area contributed by atoms with Crippen LogP contribution < -0.4 is 0 Å². The van der Waals surface area contributed by atoms with Crippen molar-refractivity contribution in [2.75, 3.05) is 0 Å². The van der Waals surface area contributed by atoms with Gasteiger partial charge in [-0.05, 0) is 40.5 Å². The predicted octanol–water partition coefficient (Wildman–Crippen LogP) is 4.62. The molecule has 0 saturated heterocycles. The zero-order valence-corrected chi connectivity index (χ0v) is 15.0. The van der Waals surface area contributed by atoms with Gasteiger partial charge in [0.05, 0.1) is 23.0 Å². The molecule has 0 bridgehead atoms. The number of terminal acetylenes is 2. The van der Waals surface area contributed by atoms with Crippen LogP contribution in [0.3, 0.4) is 0 Å². The summed E-state index contributed by atoms with van der Waals surface area (Å²) in [6.45, 7) is 14.8. The maximum Gasteiger partial charge on any atom is 0.319 e. The van der Waals surface area contributed by atoms with Crippen LogP contribution in [0.5, 0.6) is 0 Å². The largest absolute Gasteiger partial charge is 0.319 e. The lowest BCUT2D eigenvalue weighted by atomic mass is 9.86. The van der Waals surface area contributed by atoms with Crippen molar-refractivity contribution in [2.45, 2.75) is 52.7 Å². The van der Waals surface area contributed by atoms with Gasteiger partial charge in [-0.2, -0.15) is 0 Å². The summed E-state index contributed by atoms with van der Waals surface area (Å²) in [4.78, 5) is 0. The van der Waals surface area contributed by atoms with E-state index in [1.165, 1.54) is 0 Å². The Labute approximate surface area is 136 Å². The summed E-state index contributed by atoms with van der Waals surface area (Å²) < 4.78 is 23.4. The van der Waals surface area contributed by atoms with Crippen LogP contribution in [0.2, 0.25) is 0 Å². The topological polar surface area (TPSA) is 35.5 Å². The molecule has 0 aromatic rings.